The molecule has 2 unspecified atom stereocenters. The van der Waals surface area contributed by atoms with Crippen molar-refractivity contribution in [2.24, 2.45) is 11.8 Å². The van der Waals surface area contributed by atoms with Gasteiger partial charge in [0.05, 0.1) is 31.5 Å². The molecule has 0 bridgehead atoms. The molecule has 0 fully saturated rings. The zero-order valence-corrected chi connectivity index (χ0v) is 57.6. The number of carboxylic acid groups (broad SMARTS) is 1. The summed E-state index contributed by atoms with van der Waals surface area (Å²) in [5.74, 6) is -4.42. The van der Waals surface area contributed by atoms with Crippen molar-refractivity contribution < 1.29 is 67.6 Å². The second-order valence-electron chi connectivity index (χ2n) is 25.1. The third kappa shape index (κ3) is 22.2. The summed E-state index contributed by atoms with van der Waals surface area (Å²) in [5.41, 5.74) is 12.4. The maximum absolute atomic E-state index is 16.0. The van der Waals surface area contributed by atoms with Gasteiger partial charge in [0, 0.05) is 62.3 Å². The average molecular weight is 1260 g/mol. The van der Waals surface area contributed by atoms with Crippen molar-refractivity contribution in [1.29, 1.82) is 0 Å². The molecule has 0 saturated carbocycles. The van der Waals surface area contributed by atoms with Crippen LogP contribution in [0.3, 0.4) is 0 Å². The van der Waals surface area contributed by atoms with Gasteiger partial charge in [-0.1, -0.05) is 64.1 Å². The van der Waals surface area contributed by atoms with Gasteiger partial charge >= 0.3 is 30.8 Å². The quantitative estimate of drug-likeness (QED) is 0.0379. The van der Waals surface area contributed by atoms with Crippen LogP contribution in [0.25, 0.3) is 22.3 Å². The van der Waals surface area contributed by atoms with Crippen LogP contribution < -0.4 is 30.0 Å². The second kappa shape index (κ2) is 37.3. The monoisotopic (exact) mass is 1260 g/mol. The van der Waals surface area contributed by atoms with E-state index in [4.69, 9.17) is 4.74 Å². The minimum atomic E-state index is -1.11. The number of aromatic nitrogens is 2. The Morgan fingerprint density at radius 3 is 1.20 bits per heavy atom. The van der Waals surface area contributed by atoms with E-state index in [1.165, 1.54) is 4.57 Å². The minimum Gasteiger partial charge on any atom is -0.870 e. The number of esters is 1. The molecule has 0 radical (unpaired) electrons. The molecule has 14 nitrogen and oxygen atoms in total. The van der Waals surface area contributed by atoms with Crippen molar-refractivity contribution in [2.75, 3.05) is 47.9 Å². The Morgan fingerprint density at radius 2 is 0.889 bits per heavy atom. The number of aryl methyl sites for hydroxylation is 8. The van der Waals surface area contributed by atoms with Gasteiger partial charge in [0.2, 0.25) is 0 Å². The van der Waals surface area contributed by atoms with Crippen molar-refractivity contribution in [2.45, 2.75) is 165 Å². The molecule has 0 aliphatic rings. The number of rotatable bonds is 27. The maximum Gasteiger partial charge on any atom is 1.00 e. The summed E-state index contributed by atoms with van der Waals surface area (Å²) in [6.45, 7) is 26.7. The first-order valence-corrected chi connectivity index (χ1v) is 30.3. The van der Waals surface area contributed by atoms with Crippen LogP contribution in [0.5, 0.6) is 0 Å². The van der Waals surface area contributed by atoms with Crippen LogP contribution in [-0.2, 0) is 36.8 Å². The molecular formula is C72H99F2LiN4O10S. The van der Waals surface area contributed by atoms with E-state index in [2.05, 4.69) is 9.80 Å². The Morgan fingerprint density at radius 1 is 0.544 bits per heavy atom. The standard InChI is InChI=1S/C37H49FN2O4.C35H45FN2O4.Li.2H2O.H2S/c1-10-44-35(43)21-29(31-19-30(17-27(7)37(31)38)36-24(4)12-11-13-25(36)5)20-33(41)32(16-23(2)3)40-22-28(14-15-39(8)9)26(6)18-34(40)42;1-21(2)14-30(38-20-26(12-13-37(7)8)24(5)16-32(38)40)31(39)18-27(19-33(41)42)29-17-28(15-25(6)35(29)36)34-22(3)10-9-11-23(34)4;;;;/h11-13,17-19,22-23,29,32H,10,14-16,20-21H2,1-9H3;9-11,15-17,20-21,27,30H,12-14,18-19H2,1-8H3,(H,41,42);;3*1H2/q;;+1;;;/p-1/t29-,32?;27-,30?;;;;/m00..../s1. The van der Waals surface area contributed by atoms with Gasteiger partial charge in [-0.15, -0.1) is 0 Å². The predicted molar refractivity (Wildman–Crippen MR) is 359 cm³/mol. The van der Waals surface area contributed by atoms with Crippen LogP contribution in [-0.4, -0.2) is 106 Å². The number of carbonyl (C=O) groups excluding carboxylic acids is 3. The number of likely N-dealkylation sites (N-methyl/N-ethyl adjacent to an activating group) is 2. The van der Waals surface area contributed by atoms with E-state index >= 15 is 8.78 Å². The van der Waals surface area contributed by atoms with E-state index in [1.807, 2.05) is 146 Å². The molecule has 0 amide bonds. The van der Waals surface area contributed by atoms with E-state index in [0.29, 0.717) is 29.5 Å². The molecule has 2 aromatic heterocycles. The fourth-order valence-corrected chi connectivity index (χ4v) is 11.8. The fraction of sp³-hybridized carbons (Fsp3) is 0.472. The molecule has 6 aromatic rings. The number of Topliss-reactive ketones (excluding diaryl/α,β-unsaturated/α-hetero) is 2. The van der Waals surface area contributed by atoms with Gasteiger partial charge in [-0.3, -0.25) is 28.8 Å². The van der Waals surface area contributed by atoms with E-state index in [1.54, 1.807) is 61.9 Å². The van der Waals surface area contributed by atoms with Crippen LogP contribution >= 0.6 is 13.5 Å². The number of aliphatic carboxylic acids is 1. The number of hydrogen-bond donors (Lipinski definition) is 1. The van der Waals surface area contributed by atoms with E-state index in [0.717, 1.165) is 92.7 Å². The van der Waals surface area contributed by atoms with Gasteiger partial charge in [0.25, 0.3) is 11.1 Å². The van der Waals surface area contributed by atoms with Crippen molar-refractivity contribution in [3.8, 4) is 22.3 Å². The van der Waals surface area contributed by atoms with Crippen LogP contribution in [0.4, 0.5) is 8.78 Å². The Kier molecular flexibility index (Phi) is 33.8. The topological polar surface area (TPSA) is 210 Å². The summed E-state index contributed by atoms with van der Waals surface area (Å²) in [4.78, 5) is 83.8. The van der Waals surface area contributed by atoms with E-state index in [-0.39, 0.29) is 109 Å². The molecule has 4 atom stereocenters. The number of pyridine rings is 2. The van der Waals surface area contributed by atoms with Gasteiger partial charge in [0.15, 0.2) is 11.6 Å². The number of carbonyl (C=O) groups is 4. The zero-order valence-electron chi connectivity index (χ0n) is 56.6. The summed E-state index contributed by atoms with van der Waals surface area (Å²) >= 11 is 0. The molecule has 90 heavy (non-hydrogen) atoms. The Balaban J connectivity index is 0.000000862. The zero-order chi connectivity index (χ0) is 64.0. The SMILES string of the molecule is CCOC(=O)C[C@H](CC(=O)C(CC(C)C)n1cc(CCN(C)C)c(C)cc1=O)c1cc(-c2c(C)cccc2C)cc(C)c1F.Cc1cc(=O)n(C(CC(C)C)C(=O)C[C@@H](CC(=O)O)c2cc(-c3c(C)cccc3C)cc(C)c2F)cc1CCN(C)C.O.S.[Li+].[OH-]. The second-order valence-corrected chi connectivity index (χ2v) is 25.1. The first kappa shape index (κ1) is 81.7. The fourth-order valence-electron chi connectivity index (χ4n) is 11.8. The first-order chi connectivity index (χ1) is 40.4. The van der Waals surface area contributed by atoms with E-state index in [9.17, 15) is 33.9 Å². The molecular weight excluding hydrogens is 1160 g/mol. The number of ketones is 2. The summed E-state index contributed by atoms with van der Waals surface area (Å²) in [5, 5.41) is 9.82. The molecule has 4 N–H and O–H groups in total. The summed E-state index contributed by atoms with van der Waals surface area (Å²) in [6.07, 6.45) is 5.09. The number of halogens is 2. The van der Waals surface area contributed by atoms with Gasteiger partial charge < -0.3 is 39.7 Å². The number of nitrogens with zero attached hydrogens (tertiary/aromatic N) is 4. The van der Waals surface area contributed by atoms with Gasteiger partial charge in [-0.05, 0) is 241 Å². The number of ether oxygens (including phenoxy) is 1. The molecule has 4 aromatic carbocycles. The Hall–Kier alpha value is -6.29. The van der Waals surface area contributed by atoms with Crippen LogP contribution in [0.1, 0.15) is 164 Å². The molecule has 2 heterocycles. The van der Waals surface area contributed by atoms with E-state index < -0.39 is 53.9 Å². The summed E-state index contributed by atoms with van der Waals surface area (Å²) in [6, 6.07) is 20.7. The number of carboxylic acids is 1. The normalized spacial score (nSPS) is 12.4. The largest absolute Gasteiger partial charge is 1.00 e. The number of benzene rings is 4. The molecule has 0 saturated heterocycles. The third-order valence-electron chi connectivity index (χ3n) is 16.3. The van der Waals surface area contributed by atoms with Crippen molar-refractivity contribution in [3.05, 3.63) is 184 Å². The Labute approximate surface area is 552 Å². The molecule has 0 aliphatic heterocycles. The smallest absolute Gasteiger partial charge is 0.870 e. The maximum atomic E-state index is 16.0. The van der Waals surface area contributed by atoms with Crippen LogP contribution in [0, 0.1) is 78.9 Å². The number of hydrogen-bond acceptors (Lipinski definition) is 10. The minimum absolute atomic E-state index is 0. The van der Waals surface area contributed by atoms with Gasteiger partial charge in [-0.25, -0.2) is 8.78 Å². The Bertz CT molecular complexity index is 3480. The summed E-state index contributed by atoms with van der Waals surface area (Å²) < 4.78 is 40.0. The van der Waals surface area contributed by atoms with Crippen LogP contribution in [0.15, 0.2) is 94.8 Å². The molecule has 6 rings (SSSR count). The van der Waals surface area contributed by atoms with Gasteiger partial charge in [-0.2, -0.15) is 13.5 Å². The third-order valence-corrected chi connectivity index (χ3v) is 16.3. The molecule has 18 heteroatoms. The first-order valence-electron chi connectivity index (χ1n) is 30.3. The van der Waals surface area contributed by atoms with Gasteiger partial charge in [0.1, 0.15) is 11.6 Å². The molecule has 0 spiro atoms. The van der Waals surface area contributed by atoms with Crippen molar-refractivity contribution in [1.82, 2.24) is 18.9 Å². The predicted octanol–water partition coefficient (Wildman–Crippen LogP) is 10.2. The molecule has 0 aliphatic carbocycles. The van der Waals surface area contributed by atoms with Crippen molar-refractivity contribution in [3.63, 3.8) is 0 Å². The van der Waals surface area contributed by atoms with Crippen molar-refractivity contribution >= 4 is 37.0 Å². The average Bonchev–Trinajstić information content (AvgIpc) is 0.992. The van der Waals surface area contributed by atoms with Crippen LogP contribution in [0.2, 0.25) is 0 Å². The molecule has 488 valence electrons. The summed E-state index contributed by atoms with van der Waals surface area (Å²) in [7, 11) is 7.96.